The summed E-state index contributed by atoms with van der Waals surface area (Å²) in [6.07, 6.45) is 5.38. The predicted octanol–water partition coefficient (Wildman–Crippen LogP) is 1.19. The quantitative estimate of drug-likeness (QED) is 0.446. The molecular formula is C5H5O2. The van der Waals surface area contributed by atoms with Crippen LogP contribution in [0.5, 0.6) is 0 Å². The van der Waals surface area contributed by atoms with Crippen LogP contribution < -0.4 is 0 Å². The molecule has 0 fully saturated rings. The normalized spacial score (nSPS) is 18.0. The van der Waals surface area contributed by atoms with E-state index in [0.717, 1.165) is 0 Å². The van der Waals surface area contributed by atoms with Crippen molar-refractivity contribution in [3.8, 4) is 0 Å². The van der Waals surface area contributed by atoms with Crippen LogP contribution in [0.1, 0.15) is 6.42 Å². The first-order valence-corrected chi connectivity index (χ1v) is 2.08. The van der Waals surface area contributed by atoms with Crippen LogP contribution in [0.3, 0.4) is 0 Å². The van der Waals surface area contributed by atoms with Gasteiger partial charge in [0.05, 0.1) is 6.26 Å². The summed E-state index contributed by atoms with van der Waals surface area (Å²) in [5.74, 6) is -0.248. The number of hydrogen-bond acceptors (Lipinski definition) is 1. The summed E-state index contributed by atoms with van der Waals surface area (Å²) in [5.41, 5.74) is 0. The van der Waals surface area contributed by atoms with Gasteiger partial charge < -0.3 is 4.74 Å². The van der Waals surface area contributed by atoms with Gasteiger partial charge in [-0.3, -0.25) is 0 Å². The minimum atomic E-state index is -0.248. The molecule has 0 unspecified atom stereocenters. The van der Waals surface area contributed by atoms with Crippen molar-refractivity contribution in [2.45, 2.75) is 6.42 Å². The second kappa shape index (κ2) is 1.69. The van der Waals surface area contributed by atoms with Gasteiger partial charge in [-0.1, -0.05) is 0 Å². The van der Waals surface area contributed by atoms with Crippen molar-refractivity contribution >= 4 is 0 Å². The molecule has 0 N–H and O–H groups in total. The Kier molecular flexibility index (Phi) is 1.02. The van der Waals surface area contributed by atoms with E-state index in [9.17, 15) is 5.11 Å². The fraction of sp³-hybridized carbons (Fsp3) is 0.200. The van der Waals surface area contributed by atoms with Gasteiger partial charge in [0.15, 0.2) is 0 Å². The van der Waals surface area contributed by atoms with E-state index in [0.29, 0.717) is 6.42 Å². The minimum absolute atomic E-state index is 0.248. The van der Waals surface area contributed by atoms with Crippen LogP contribution in [0, 0.1) is 0 Å². The third-order valence-corrected chi connectivity index (χ3v) is 0.701. The van der Waals surface area contributed by atoms with Gasteiger partial charge in [-0.25, -0.2) is 5.11 Å². The third kappa shape index (κ3) is 0.961. The number of allylic oxidation sites excluding steroid dienone is 2. The molecule has 7 heavy (non-hydrogen) atoms. The number of rotatable bonds is 0. The van der Waals surface area contributed by atoms with Crippen LogP contribution in [-0.2, 0) is 9.84 Å². The Morgan fingerprint density at radius 2 is 2.57 bits per heavy atom. The second-order valence-corrected chi connectivity index (χ2v) is 1.25. The average molecular weight is 97.1 g/mol. The van der Waals surface area contributed by atoms with Crippen molar-refractivity contribution in [2.24, 2.45) is 0 Å². The summed E-state index contributed by atoms with van der Waals surface area (Å²) < 4.78 is 4.40. The van der Waals surface area contributed by atoms with Crippen LogP contribution in [0.25, 0.3) is 0 Å². The van der Waals surface area contributed by atoms with Gasteiger partial charge in [-0.05, 0) is 12.5 Å². The van der Waals surface area contributed by atoms with Crippen LogP contribution in [0.2, 0.25) is 0 Å². The standard InChI is InChI=1S/C5H5O2/c6-5-3-1-2-4-7-5/h2-4H,1H2. The molecule has 0 aromatic rings. The van der Waals surface area contributed by atoms with Crippen LogP contribution in [0.4, 0.5) is 0 Å². The monoisotopic (exact) mass is 97.0 g/mol. The Bertz CT molecular complexity index is 113. The van der Waals surface area contributed by atoms with Crippen LogP contribution in [0.15, 0.2) is 24.4 Å². The molecule has 1 aliphatic heterocycles. The first-order valence-electron chi connectivity index (χ1n) is 2.08. The zero-order valence-corrected chi connectivity index (χ0v) is 3.76. The molecule has 0 aromatic carbocycles. The van der Waals surface area contributed by atoms with Crippen molar-refractivity contribution in [3.63, 3.8) is 0 Å². The minimum Gasteiger partial charge on any atom is -0.432 e. The van der Waals surface area contributed by atoms with E-state index in [-0.39, 0.29) is 5.95 Å². The Hall–Kier alpha value is -0.920. The van der Waals surface area contributed by atoms with Gasteiger partial charge in [0.2, 0.25) is 0 Å². The molecule has 2 heteroatoms. The van der Waals surface area contributed by atoms with E-state index in [1.807, 2.05) is 0 Å². The fourth-order valence-corrected chi connectivity index (χ4v) is 0.383. The topological polar surface area (TPSA) is 29.1 Å². The van der Waals surface area contributed by atoms with Crippen molar-refractivity contribution in [2.75, 3.05) is 0 Å². The zero-order chi connectivity index (χ0) is 5.11. The lowest BCUT2D eigenvalue weighted by molar-refractivity contribution is 0.107. The highest BCUT2D eigenvalue weighted by atomic mass is 16.6. The highest BCUT2D eigenvalue weighted by Gasteiger charge is 1.94. The van der Waals surface area contributed by atoms with Crippen molar-refractivity contribution in [1.29, 1.82) is 0 Å². The van der Waals surface area contributed by atoms with Crippen molar-refractivity contribution < 1.29 is 9.84 Å². The van der Waals surface area contributed by atoms with E-state index in [2.05, 4.69) is 4.74 Å². The molecule has 1 aliphatic rings. The Morgan fingerprint density at radius 3 is 2.86 bits per heavy atom. The van der Waals surface area contributed by atoms with Crippen LogP contribution in [-0.4, -0.2) is 0 Å². The van der Waals surface area contributed by atoms with E-state index in [1.165, 1.54) is 12.3 Å². The molecular weight excluding hydrogens is 92.1 g/mol. The number of ether oxygens (including phenoxy) is 1. The molecule has 0 bridgehead atoms. The Labute approximate surface area is 41.7 Å². The first-order chi connectivity index (χ1) is 3.39. The van der Waals surface area contributed by atoms with E-state index < -0.39 is 0 Å². The fourth-order valence-electron chi connectivity index (χ4n) is 0.383. The van der Waals surface area contributed by atoms with Crippen LogP contribution >= 0.6 is 0 Å². The Balaban J connectivity index is 2.50. The van der Waals surface area contributed by atoms with E-state index in [1.54, 1.807) is 6.08 Å². The first kappa shape index (κ1) is 4.24. The maximum atomic E-state index is 10.1. The largest absolute Gasteiger partial charge is 0.432 e. The van der Waals surface area contributed by atoms with E-state index in [4.69, 9.17) is 0 Å². The smallest absolute Gasteiger partial charge is 0.331 e. The molecule has 0 aliphatic carbocycles. The SMILES string of the molecule is [O]C1=CCC=CO1. The zero-order valence-electron chi connectivity index (χ0n) is 3.76. The molecule has 37 valence electrons. The van der Waals surface area contributed by atoms with Gasteiger partial charge in [0, 0.05) is 6.08 Å². The maximum absolute atomic E-state index is 10.1. The lowest BCUT2D eigenvalue weighted by Gasteiger charge is -1.96. The summed E-state index contributed by atoms with van der Waals surface area (Å²) >= 11 is 0. The number of hydrogen-bond donors (Lipinski definition) is 0. The summed E-state index contributed by atoms with van der Waals surface area (Å²) in [7, 11) is 0. The molecule has 1 rings (SSSR count). The summed E-state index contributed by atoms with van der Waals surface area (Å²) in [4.78, 5) is 0. The second-order valence-electron chi connectivity index (χ2n) is 1.25. The highest BCUT2D eigenvalue weighted by molar-refractivity contribution is 4.96. The van der Waals surface area contributed by atoms with Crippen molar-refractivity contribution in [1.82, 2.24) is 0 Å². The molecule has 1 heterocycles. The van der Waals surface area contributed by atoms with E-state index >= 15 is 0 Å². The highest BCUT2D eigenvalue weighted by Crippen LogP contribution is 2.02. The summed E-state index contributed by atoms with van der Waals surface area (Å²) in [5, 5.41) is 10.1. The summed E-state index contributed by atoms with van der Waals surface area (Å²) in [6.45, 7) is 0. The lowest BCUT2D eigenvalue weighted by Crippen LogP contribution is -1.83. The molecule has 0 spiro atoms. The van der Waals surface area contributed by atoms with Gasteiger partial charge in [-0.2, -0.15) is 0 Å². The molecule has 0 saturated carbocycles. The average Bonchev–Trinajstić information content (AvgIpc) is 1.69. The molecule has 1 radical (unpaired) electrons. The van der Waals surface area contributed by atoms with Gasteiger partial charge in [0.1, 0.15) is 0 Å². The van der Waals surface area contributed by atoms with Gasteiger partial charge >= 0.3 is 5.95 Å². The predicted molar refractivity (Wildman–Crippen MR) is 23.6 cm³/mol. The summed E-state index contributed by atoms with van der Waals surface area (Å²) in [6, 6.07) is 0. The van der Waals surface area contributed by atoms with Crippen molar-refractivity contribution in [3.05, 3.63) is 24.4 Å². The maximum Gasteiger partial charge on any atom is 0.331 e. The molecule has 0 atom stereocenters. The Morgan fingerprint density at radius 1 is 1.71 bits per heavy atom. The molecule has 0 saturated heterocycles. The molecule has 2 nitrogen and oxygen atoms in total. The van der Waals surface area contributed by atoms with Gasteiger partial charge in [0.25, 0.3) is 0 Å². The molecule has 0 amide bonds. The third-order valence-electron chi connectivity index (χ3n) is 0.701. The molecule has 0 aromatic heterocycles. The van der Waals surface area contributed by atoms with Gasteiger partial charge in [-0.15, -0.1) is 0 Å². The lowest BCUT2D eigenvalue weighted by atomic mass is 10.4.